The Hall–Kier alpha value is -0.380. The van der Waals surface area contributed by atoms with Gasteiger partial charge in [0.05, 0.1) is 5.69 Å². The SMILES string of the molecule is CCC(N)c1cnccn1.Cl.Cl. The Labute approximate surface area is 84.6 Å². The molecule has 12 heavy (non-hydrogen) atoms. The van der Waals surface area contributed by atoms with E-state index >= 15 is 0 Å². The fourth-order valence-corrected chi connectivity index (χ4v) is 0.711. The minimum Gasteiger partial charge on any atom is -0.323 e. The van der Waals surface area contributed by atoms with E-state index in [9.17, 15) is 0 Å². The Morgan fingerprint density at radius 2 is 2.08 bits per heavy atom. The summed E-state index contributed by atoms with van der Waals surface area (Å²) >= 11 is 0. The zero-order chi connectivity index (χ0) is 7.40. The fourth-order valence-electron chi connectivity index (χ4n) is 0.711. The highest BCUT2D eigenvalue weighted by molar-refractivity contribution is 5.85. The van der Waals surface area contributed by atoms with Crippen LogP contribution in [-0.2, 0) is 0 Å². The molecule has 0 aliphatic carbocycles. The minimum atomic E-state index is 0. The van der Waals surface area contributed by atoms with E-state index in [0.717, 1.165) is 12.1 Å². The van der Waals surface area contributed by atoms with Crippen molar-refractivity contribution in [3.8, 4) is 0 Å². The van der Waals surface area contributed by atoms with E-state index < -0.39 is 0 Å². The van der Waals surface area contributed by atoms with Crippen LogP contribution in [0.1, 0.15) is 25.1 Å². The van der Waals surface area contributed by atoms with Crippen molar-refractivity contribution in [2.45, 2.75) is 19.4 Å². The normalized spacial score (nSPS) is 10.8. The molecule has 0 amide bonds. The van der Waals surface area contributed by atoms with Crippen molar-refractivity contribution < 1.29 is 0 Å². The molecule has 0 spiro atoms. The van der Waals surface area contributed by atoms with E-state index in [0.29, 0.717) is 0 Å². The molecule has 1 heterocycles. The lowest BCUT2D eigenvalue weighted by atomic mass is 10.2. The molecule has 1 aromatic rings. The van der Waals surface area contributed by atoms with Crippen LogP contribution in [0.5, 0.6) is 0 Å². The van der Waals surface area contributed by atoms with Crippen LogP contribution in [0.2, 0.25) is 0 Å². The lowest BCUT2D eigenvalue weighted by molar-refractivity contribution is 0.671. The first-order valence-corrected chi connectivity index (χ1v) is 3.36. The number of aromatic nitrogens is 2. The number of hydrogen-bond donors (Lipinski definition) is 1. The molecule has 70 valence electrons. The van der Waals surface area contributed by atoms with Gasteiger partial charge in [-0.15, -0.1) is 24.8 Å². The smallest absolute Gasteiger partial charge is 0.0753 e. The molecule has 1 rings (SSSR count). The summed E-state index contributed by atoms with van der Waals surface area (Å²) in [4.78, 5) is 7.97. The van der Waals surface area contributed by atoms with E-state index in [1.54, 1.807) is 18.6 Å². The number of nitrogens with two attached hydrogens (primary N) is 1. The Bertz CT molecular complexity index is 193. The highest BCUT2D eigenvalue weighted by atomic mass is 35.5. The van der Waals surface area contributed by atoms with E-state index in [4.69, 9.17) is 5.73 Å². The van der Waals surface area contributed by atoms with Crippen molar-refractivity contribution in [3.05, 3.63) is 24.3 Å². The van der Waals surface area contributed by atoms with Crippen molar-refractivity contribution in [2.75, 3.05) is 0 Å². The van der Waals surface area contributed by atoms with Gasteiger partial charge in [0.2, 0.25) is 0 Å². The number of halogens is 2. The van der Waals surface area contributed by atoms with Crippen LogP contribution in [0.15, 0.2) is 18.6 Å². The molecular formula is C7H13Cl2N3. The van der Waals surface area contributed by atoms with Crippen molar-refractivity contribution in [1.82, 2.24) is 9.97 Å². The van der Waals surface area contributed by atoms with E-state index in [2.05, 4.69) is 9.97 Å². The summed E-state index contributed by atoms with van der Waals surface area (Å²) in [6, 6.07) is 0.0358. The monoisotopic (exact) mass is 209 g/mol. The van der Waals surface area contributed by atoms with Gasteiger partial charge in [-0.25, -0.2) is 0 Å². The van der Waals surface area contributed by atoms with Gasteiger partial charge in [-0.3, -0.25) is 9.97 Å². The Balaban J connectivity index is 0. The first-order chi connectivity index (χ1) is 4.84. The van der Waals surface area contributed by atoms with E-state index in [1.807, 2.05) is 6.92 Å². The van der Waals surface area contributed by atoms with Crippen LogP contribution in [0.4, 0.5) is 0 Å². The van der Waals surface area contributed by atoms with Crippen LogP contribution in [0.3, 0.4) is 0 Å². The second kappa shape index (κ2) is 7.28. The van der Waals surface area contributed by atoms with Gasteiger partial charge in [-0.1, -0.05) is 6.92 Å². The van der Waals surface area contributed by atoms with Gasteiger partial charge in [0.15, 0.2) is 0 Å². The van der Waals surface area contributed by atoms with Crippen LogP contribution < -0.4 is 5.73 Å². The first-order valence-electron chi connectivity index (χ1n) is 3.36. The van der Waals surface area contributed by atoms with Gasteiger partial charge in [0, 0.05) is 24.6 Å². The maximum absolute atomic E-state index is 5.69. The van der Waals surface area contributed by atoms with E-state index in [-0.39, 0.29) is 30.9 Å². The molecule has 0 fully saturated rings. The molecule has 3 nitrogen and oxygen atoms in total. The molecule has 0 radical (unpaired) electrons. The number of nitrogens with zero attached hydrogens (tertiary/aromatic N) is 2. The summed E-state index contributed by atoms with van der Waals surface area (Å²) in [6.07, 6.45) is 5.91. The third-order valence-electron chi connectivity index (χ3n) is 1.40. The van der Waals surface area contributed by atoms with Crippen molar-refractivity contribution in [2.24, 2.45) is 5.73 Å². The van der Waals surface area contributed by atoms with E-state index in [1.165, 1.54) is 0 Å². The second-order valence-corrected chi connectivity index (χ2v) is 2.15. The van der Waals surface area contributed by atoms with Crippen molar-refractivity contribution in [3.63, 3.8) is 0 Å². The average Bonchev–Trinajstić information content (AvgIpc) is 2.05. The van der Waals surface area contributed by atoms with Gasteiger partial charge in [-0.05, 0) is 6.42 Å². The van der Waals surface area contributed by atoms with Gasteiger partial charge < -0.3 is 5.73 Å². The van der Waals surface area contributed by atoms with Crippen molar-refractivity contribution in [1.29, 1.82) is 0 Å². The summed E-state index contributed by atoms with van der Waals surface area (Å²) < 4.78 is 0. The Kier molecular flexibility index (Phi) is 8.59. The molecule has 0 aromatic carbocycles. The highest BCUT2D eigenvalue weighted by Gasteiger charge is 2.01. The predicted molar refractivity (Wildman–Crippen MR) is 53.7 cm³/mol. The molecule has 0 bridgehead atoms. The molecule has 0 saturated carbocycles. The Morgan fingerprint density at radius 3 is 2.50 bits per heavy atom. The predicted octanol–water partition coefficient (Wildman–Crippen LogP) is 1.73. The van der Waals surface area contributed by atoms with Gasteiger partial charge >= 0.3 is 0 Å². The molecule has 1 unspecified atom stereocenters. The average molecular weight is 210 g/mol. The topological polar surface area (TPSA) is 51.8 Å². The van der Waals surface area contributed by atoms with Crippen LogP contribution in [-0.4, -0.2) is 9.97 Å². The minimum absolute atomic E-state index is 0. The van der Waals surface area contributed by atoms with Gasteiger partial charge in [0.1, 0.15) is 0 Å². The molecule has 0 aliphatic rings. The summed E-state index contributed by atoms with van der Waals surface area (Å²) in [5.74, 6) is 0. The molecular weight excluding hydrogens is 197 g/mol. The summed E-state index contributed by atoms with van der Waals surface area (Å²) in [7, 11) is 0. The highest BCUT2D eigenvalue weighted by Crippen LogP contribution is 2.06. The van der Waals surface area contributed by atoms with Gasteiger partial charge in [-0.2, -0.15) is 0 Å². The maximum atomic E-state index is 5.69. The molecule has 0 saturated heterocycles. The zero-order valence-electron chi connectivity index (χ0n) is 6.80. The lowest BCUT2D eigenvalue weighted by Gasteiger charge is -2.04. The fraction of sp³-hybridized carbons (Fsp3) is 0.429. The first kappa shape index (κ1) is 14.2. The van der Waals surface area contributed by atoms with Crippen LogP contribution >= 0.6 is 24.8 Å². The maximum Gasteiger partial charge on any atom is 0.0753 e. The lowest BCUT2D eigenvalue weighted by Crippen LogP contribution is -2.10. The summed E-state index contributed by atoms with van der Waals surface area (Å²) in [5.41, 5.74) is 6.56. The molecule has 0 aliphatic heterocycles. The molecule has 1 aromatic heterocycles. The van der Waals surface area contributed by atoms with Crippen LogP contribution in [0, 0.1) is 0 Å². The third kappa shape index (κ3) is 3.85. The third-order valence-corrected chi connectivity index (χ3v) is 1.40. The van der Waals surface area contributed by atoms with Gasteiger partial charge in [0.25, 0.3) is 0 Å². The molecule has 1 atom stereocenters. The standard InChI is InChI=1S/C7H11N3.2ClH/c1-2-6(8)7-5-9-3-4-10-7;;/h3-6H,2,8H2,1H3;2*1H. The number of hydrogen-bond acceptors (Lipinski definition) is 3. The Morgan fingerprint density at radius 1 is 1.42 bits per heavy atom. The molecule has 5 heteroatoms. The summed E-state index contributed by atoms with van der Waals surface area (Å²) in [5, 5.41) is 0. The largest absolute Gasteiger partial charge is 0.323 e. The summed E-state index contributed by atoms with van der Waals surface area (Å²) in [6.45, 7) is 2.03. The van der Waals surface area contributed by atoms with Crippen LogP contribution in [0.25, 0.3) is 0 Å². The second-order valence-electron chi connectivity index (χ2n) is 2.15. The molecule has 2 N–H and O–H groups in total. The zero-order valence-corrected chi connectivity index (χ0v) is 8.44. The number of rotatable bonds is 2. The van der Waals surface area contributed by atoms with Crippen molar-refractivity contribution >= 4 is 24.8 Å². The quantitative estimate of drug-likeness (QED) is 0.808.